The number of Topliss-reactive ketones (excluding diaryl/α,β-unsaturated/α-hetero) is 1. The van der Waals surface area contributed by atoms with Gasteiger partial charge in [-0.1, -0.05) is 91.3 Å². The number of carbonyl (C=O) groups is 1. The quantitative estimate of drug-likeness (QED) is 0.255. The second kappa shape index (κ2) is 10.0. The molecule has 0 aromatic heterocycles. The van der Waals surface area contributed by atoms with Gasteiger partial charge in [0.15, 0.2) is 10.8 Å². The smallest absolute Gasteiger partial charge is 0.234 e. The Labute approximate surface area is 237 Å². The molecule has 0 fully saturated rings. The Bertz CT molecular complexity index is 1630. The van der Waals surface area contributed by atoms with Crippen molar-refractivity contribution in [3.63, 3.8) is 0 Å². The number of rotatable bonds is 5. The van der Waals surface area contributed by atoms with Crippen LogP contribution in [0, 0.1) is 6.92 Å². The van der Waals surface area contributed by atoms with Crippen LogP contribution >= 0.6 is 23.4 Å². The average Bonchev–Trinajstić information content (AvgIpc) is 3.36. The van der Waals surface area contributed by atoms with Crippen molar-refractivity contribution in [3.8, 4) is 0 Å². The number of hydrogen-bond acceptors (Lipinski definition) is 6. The Morgan fingerprint density at radius 1 is 0.872 bits per heavy atom. The zero-order valence-electron chi connectivity index (χ0n) is 21.9. The summed E-state index contributed by atoms with van der Waals surface area (Å²) in [5, 5.41) is 15.2. The lowest BCUT2D eigenvalue weighted by molar-refractivity contribution is -0.110. The number of ketones is 1. The molecule has 39 heavy (non-hydrogen) atoms. The van der Waals surface area contributed by atoms with Crippen LogP contribution in [0.4, 0.5) is 11.4 Å². The summed E-state index contributed by atoms with van der Waals surface area (Å²) >= 11 is 8.02. The SMILES string of the molecule is CCc1ccc(C2=NN(c3ccccc3)[C@]3(SC(C(C)=O)=NN3c3cccc(Cl)c3C)c3ccccc32)cc1. The Morgan fingerprint density at radius 2 is 1.59 bits per heavy atom. The number of hydrazone groups is 2. The summed E-state index contributed by atoms with van der Waals surface area (Å²) in [6.07, 6.45) is 0.971. The van der Waals surface area contributed by atoms with Gasteiger partial charge in [0.05, 0.1) is 17.1 Å². The van der Waals surface area contributed by atoms with Crippen molar-refractivity contribution in [1.82, 2.24) is 0 Å². The standard InChI is InChI=1S/C32H27ClN4OS/c1-4-23-17-19-24(20-18-23)30-26-13-8-9-14-27(26)32(36(34-30)25-11-6-5-7-12-25)37(35-31(39-32)22(3)38)29-16-10-15-28(33)21(29)2/h5-20H,4H2,1-3H3/t32-/m1/s1. The van der Waals surface area contributed by atoms with E-state index in [1.165, 1.54) is 17.3 Å². The van der Waals surface area contributed by atoms with Crippen LogP contribution in [-0.4, -0.2) is 16.5 Å². The number of anilines is 2. The number of aryl methyl sites for hydroxylation is 1. The molecule has 7 heteroatoms. The first kappa shape index (κ1) is 25.4. The lowest BCUT2D eigenvalue weighted by Gasteiger charge is -2.47. The van der Waals surface area contributed by atoms with Crippen LogP contribution in [0.1, 0.15) is 41.7 Å². The lowest BCUT2D eigenvalue weighted by atomic mass is 9.92. The summed E-state index contributed by atoms with van der Waals surface area (Å²) in [6.45, 7) is 5.68. The van der Waals surface area contributed by atoms with Crippen molar-refractivity contribution in [3.05, 3.63) is 130 Å². The van der Waals surface area contributed by atoms with E-state index in [1.54, 1.807) is 6.92 Å². The number of fused-ring (bicyclic) bond motifs is 2. The van der Waals surface area contributed by atoms with Crippen LogP contribution in [0.3, 0.4) is 0 Å². The first-order valence-electron chi connectivity index (χ1n) is 12.9. The largest absolute Gasteiger partial charge is 0.292 e. The van der Waals surface area contributed by atoms with Crippen molar-refractivity contribution in [2.45, 2.75) is 32.2 Å². The van der Waals surface area contributed by atoms with E-state index < -0.39 is 4.99 Å². The fourth-order valence-corrected chi connectivity index (χ4v) is 6.52. The molecule has 1 atom stereocenters. The van der Waals surface area contributed by atoms with Crippen molar-refractivity contribution in [2.24, 2.45) is 10.2 Å². The molecule has 2 aliphatic heterocycles. The van der Waals surface area contributed by atoms with Gasteiger partial charge in [0.25, 0.3) is 0 Å². The molecule has 0 unspecified atom stereocenters. The van der Waals surface area contributed by atoms with Gasteiger partial charge in [-0.25, -0.2) is 10.0 Å². The van der Waals surface area contributed by atoms with Gasteiger partial charge in [0, 0.05) is 28.6 Å². The topological polar surface area (TPSA) is 48.3 Å². The molecule has 0 amide bonds. The molecule has 0 bridgehead atoms. The Hall–Kier alpha value is -3.87. The Morgan fingerprint density at radius 3 is 2.31 bits per heavy atom. The number of thioether (sulfide) groups is 1. The number of hydrogen-bond donors (Lipinski definition) is 0. The number of para-hydroxylation sites is 1. The van der Waals surface area contributed by atoms with Crippen LogP contribution in [0.2, 0.25) is 5.02 Å². The molecule has 2 heterocycles. The predicted molar refractivity (Wildman–Crippen MR) is 163 cm³/mol. The normalized spacial score (nSPS) is 18.2. The van der Waals surface area contributed by atoms with Gasteiger partial charge >= 0.3 is 0 Å². The summed E-state index contributed by atoms with van der Waals surface area (Å²) in [5.41, 5.74) is 7.71. The maximum atomic E-state index is 12.8. The molecule has 6 rings (SSSR count). The summed E-state index contributed by atoms with van der Waals surface area (Å²) in [6, 6.07) is 32.7. The molecule has 5 nitrogen and oxygen atoms in total. The van der Waals surface area contributed by atoms with Crippen LogP contribution in [0.5, 0.6) is 0 Å². The molecule has 0 saturated carbocycles. The Balaban J connectivity index is 1.66. The monoisotopic (exact) mass is 550 g/mol. The van der Waals surface area contributed by atoms with Crippen LogP contribution < -0.4 is 10.0 Å². The zero-order chi connectivity index (χ0) is 27.1. The second-order valence-corrected chi connectivity index (χ2v) is 11.1. The highest BCUT2D eigenvalue weighted by Gasteiger charge is 2.56. The lowest BCUT2D eigenvalue weighted by Crippen LogP contribution is -2.54. The molecular weight excluding hydrogens is 524 g/mol. The van der Waals surface area contributed by atoms with E-state index in [-0.39, 0.29) is 5.78 Å². The highest BCUT2D eigenvalue weighted by atomic mass is 35.5. The van der Waals surface area contributed by atoms with Gasteiger partial charge in [-0.2, -0.15) is 10.2 Å². The fraction of sp³-hybridized carbons (Fsp3) is 0.156. The first-order chi connectivity index (χ1) is 18.9. The molecule has 0 N–H and O–H groups in total. The number of halogens is 1. The minimum Gasteiger partial charge on any atom is -0.292 e. The Kier molecular flexibility index (Phi) is 6.53. The highest BCUT2D eigenvalue weighted by molar-refractivity contribution is 8.17. The third kappa shape index (κ3) is 4.15. The van der Waals surface area contributed by atoms with E-state index >= 15 is 0 Å². The second-order valence-electron chi connectivity index (χ2n) is 9.56. The van der Waals surface area contributed by atoms with Gasteiger partial charge in [-0.3, -0.25) is 4.79 Å². The van der Waals surface area contributed by atoms with E-state index in [0.717, 1.165) is 45.8 Å². The van der Waals surface area contributed by atoms with Crippen LogP contribution in [-0.2, 0) is 16.2 Å². The summed E-state index contributed by atoms with van der Waals surface area (Å²) < 4.78 is 0. The fourth-order valence-electron chi connectivity index (χ4n) is 5.07. The molecule has 0 saturated heterocycles. The predicted octanol–water partition coefficient (Wildman–Crippen LogP) is 7.75. The molecule has 194 valence electrons. The maximum absolute atomic E-state index is 12.8. The van der Waals surface area contributed by atoms with Gasteiger partial charge in [0.2, 0.25) is 4.99 Å². The van der Waals surface area contributed by atoms with E-state index in [2.05, 4.69) is 43.3 Å². The molecule has 1 spiro atoms. The maximum Gasteiger partial charge on any atom is 0.234 e. The minimum absolute atomic E-state index is 0.100. The zero-order valence-corrected chi connectivity index (χ0v) is 23.5. The van der Waals surface area contributed by atoms with Crippen molar-refractivity contribution >= 4 is 51.3 Å². The minimum atomic E-state index is -0.999. The van der Waals surface area contributed by atoms with Crippen LogP contribution in [0.15, 0.2) is 107 Å². The number of nitrogens with zero attached hydrogens (tertiary/aromatic N) is 4. The molecule has 0 aliphatic carbocycles. The molecular formula is C32H27ClN4OS. The summed E-state index contributed by atoms with van der Waals surface area (Å²) in [5.74, 6) is -0.100. The first-order valence-corrected chi connectivity index (χ1v) is 14.1. The van der Waals surface area contributed by atoms with Crippen molar-refractivity contribution in [1.29, 1.82) is 0 Å². The van der Waals surface area contributed by atoms with E-state index in [9.17, 15) is 4.79 Å². The van der Waals surface area contributed by atoms with E-state index in [4.69, 9.17) is 21.8 Å². The molecule has 4 aromatic rings. The van der Waals surface area contributed by atoms with Crippen molar-refractivity contribution < 1.29 is 4.79 Å². The molecule has 2 aliphatic rings. The highest BCUT2D eigenvalue weighted by Crippen LogP contribution is 2.55. The molecule has 4 aromatic carbocycles. The summed E-state index contributed by atoms with van der Waals surface area (Å²) in [7, 11) is 0. The van der Waals surface area contributed by atoms with Gasteiger partial charge in [0.1, 0.15) is 0 Å². The van der Waals surface area contributed by atoms with Gasteiger partial charge < -0.3 is 0 Å². The van der Waals surface area contributed by atoms with Gasteiger partial charge in [-0.15, -0.1) is 0 Å². The van der Waals surface area contributed by atoms with E-state index in [0.29, 0.717) is 10.1 Å². The van der Waals surface area contributed by atoms with Crippen LogP contribution in [0.25, 0.3) is 0 Å². The van der Waals surface area contributed by atoms with E-state index in [1.807, 2.05) is 77.6 Å². The number of carbonyl (C=O) groups excluding carboxylic acids is 1. The van der Waals surface area contributed by atoms with Crippen molar-refractivity contribution in [2.75, 3.05) is 10.0 Å². The molecule has 0 radical (unpaired) electrons. The summed E-state index contributed by atoms with van der Waals surface area (Å²) in [4.78, 5) is 11.8. The third-order valence-electron chi connectivity index (χ3n) is 7.14. The third-order valence-corrected chi connectivity index (χ3v) is 8.96. The number of benzene rings is 4. The van der Waals surface area contributed by atoms with Gasteiger partial charge in [-0.05, 0) is 60.5 Å². The average molecular weight is 551 g/mol.